The van der Waals surface area contributed by atoms with Gasteiger partial charge < -0.3 is 10.2 Å². The number of nitrogens with one attached hydrogen (secondary N) is 1. The van der Waals surface area contributed by atoms with Gasteiger partial charge >= 0.3 is 0 Å². The summed E-state index contributed by atoms with van der Waals surface area (Å²) in [6.07, 6.45) is 3.09. The van der Waals surface area contributed by atoms with Gasteiger partial charge in [0.1, 0.15) is 0 Å². The second kappa shape index (κ2) is 8.09. The highest BCUT2D eigenvalue weighted by Gasteiger charge is 2.04. The molecule has 18 heavy (non-hydrogen) atoms. The predicted octanol–water partition coefficient (Wildman–Crippen LogP) is 3.06. The summed E-state index contributed by atoms with van der Waals surface area (Å²) < 4.78 is 0. The highest BCUT2D eigenvalue weighted by molar-refractivity contribution is 5.46. The van der Waals surface area contributed by atoms with Crippen molar-refractivity contribution in [2.24, 2.45) is 5.92 Å². The number of nitrogens with zero attached hydrogens (tertiary/aromatic N) is 2. The summed E-state index contributed by atoms with van der Waals surface area (Å²) in [6, 6.07) is 4.30. The lowest BCUT2D eigenvalue weighted by Gasteiger charge is -2.22. The molecule has 1 heterocycles. The number of aromatic nitrogens is 1. The Morgan fingerprint density at radius 1 is 1.33 bits per heavy atom. The lowest BCUT2D eigenvalue weighted by molar-refractivity contribution is 0.548. The van der Waals surface area contributed by atoms with Crippen molar-refractivity contribution in [2.45, 2.75) is 40.7 Å². The Labute approximate surface area is 112 Å². The quantitative estimate of drug-likeness (QED) is 0.767. The fourth-order valence-electron chi connectivity index (χ4n) is 1.99. The fourth-order valence-corrected chi connectivity index (χ4v) is 1.99. The molecule has 0 aliphatic rings. The van der Waals surface area contributed by atoms with E-state index in [1.54, 1.807) is 0 Å². The summed E-state index contributed by atoms with van der Waals surface area (Å²) >= 11 is 0. The average molecular weight is 249 g/mol. The first-order valence-electron chi connectivity index (χ1n) is 7.08. The zero-order valence-corrected chi connectivity index (χ0v) is 12.2. The third-order valence-corrected chi connectivity index (χ3v) is 2.90. The monoisotopic (exact) mass is 249 g/mol. The standard InChI is InChI=1S/C15H27N3/c1-5-9-18(6-2)15-7-8-17-14(10-15)12-16-11-13(3)4/h7-8,10,13,16H,5-6,9,11-12H2,1-4H3. The van der Waals surface area contributed by atoms with Crippen LogP contribution >= 0.6 is 0 Å². The summed E-state index contributed by atoms with van der Waals surface area (Å²) in [5, 5.41) is 3.44. The molecule has 0 aliphatic heterocycles. The van der Waals surface area contributed by atoms with Gasteiger partial charge in [-0.3, -0.25) is 4.98 Å². The van der Waals surface area contributed by atoms with E-state index in [2.05, 4.69) is 55.0 Å². The van der Waals surface area contributed by atoms with Crippen LogP contribution in [-0.2, 0) is 6.54 Å². The zero-order chi connectivity index (χ0) is 13.4. The van der Waals surface area contributed by atoms with Crippen LogP contribution in [-0.4, -0.2) is 24.6 Å². The second-order valence-corrected chi connectivity index (χ2v) is 5.11. The van der Waals surface area contributed by atoms with Crippen LogP contribution in [0.15, 0.2) is 18.3 Å². The van der Waals surface area contributed by atoms with E-state index in [4.69, 9.17) is 0 Å². The molecule has 0 spiro atoms. The molecule has 3 heteroatoms. The molecule has 102 valence electrons. The van der Waals surface area contributed by atoms with Crippen molar-refractivity contribution in [1.29, 1.82) is 0 Å². The Morgan fingerprint density at radius 2 is 2.11 bits per heavy atom. The van der Waals surface area contributed by atoms with E-state index in [9.17, 15) is 0 Å². The van der Waals surface area contributed by atoms with Crippen molar-refractivity contribution in [3.8, 4) is 0 Å². The molecule has 0 saturated heterocycles. The molecule has 0 amide bonds. The SMILES string of the molecule is CCCN(CC)c1ccnc(CNCC(C)C)c1. The Bertz CT molecular complexity index is 336. The highest BCUT2D eigenvalue weighted by atomic mass is 15.1. The Balaban J connectivity index is 2.60. The van der Waals surface area contributed by atoms with Crippen molar-refractivity contribution in [3.63, 3.8) is 0 Å². The first kappa shape index (κ1) is 15.0. The van der Waals surface area contributed by atoms with Crippen LogP contribution in [0, 0.1) is 5.92 Å². The maximum absolute atomic E-state index is 4.42. The minimum absolute atomic E-state index is 0.681. The highest BCUT2D eigenvalue weighted by Crippen LogP contribution is 2.14. The number of rotatable bonds is 8. The Morgan fingerprint density at radius 3 is 2.72 bits per heavy atom. The molecule has 0 saturated carbocycles. The summed E-state index contributed by atoms with van der Waals surface area (Å²) in [4.78, 5) is 6.82. The molecular formula is C15H27N3. The van der Waals surface area contributed by atoms with Gasteiger partial charge in [-0.2, -0.15) is 0 Å². The average Bonchev–Trinajstić information content (AvgIpc) is 2.36. The lowest BCUT2D eigenvalue weighted by atomic mass is 10.2. The Hall–Kier alpha value is -1.09. The van der Waals surface area contributed by atoms with Gasteiger partial charge in [-0.25, -0.2) is 0 Å². The smallest absolute Gasteiger partial charge is 0.0562 e. The van der Waals surface area contributed by atoms with Crippen LogP contribution in [0.1, 0.15) is 39.8 Å². The largest absolute Gasteiger partial charge is 0.372 e. The Kier molecular flexibility index (Phi) is 6.73. The summed E-state index contributed by atoms with van der Waals surface area (Å²) in [7, 11) is 0. The molecule has 0 bridgehead atoms. The molecule has 0 radical (unpaired) electrons. The molecular weight excluding hydrogens is 222 g/mol. The molecule has 1 aromatic heterocycles. The molecule has 0 fully saturated rings. The number of hydrogen-bond acceptors (Lipinski definition) is 3. The third-order valence-electron chi connectivity index (χ3n) is 2.90. The van der Waals surface area contributed by atoms with Crippen LogP contribution in [0.5, 0.6) is 0 Å². The molecule has 1 rings (SSSR count). The van der Waals surface area contributed by atoms with Gasteiger partial charge in [0.2, 0.25) is 0 Å². The lowest BCUT2D eigenvalue weighted by Crippen LogP contribution is -2.24. The van der Waals surface area contributed by atoms with Gasteiger partial charge in [-0.1, -0.05) is 20.8 Å². The minimum atomic E-state index is 0.681. The first-order chi connectivity index (χ1) is 8.67. The first-order valence-corrected chi connectivity index (χ1v) is 7.08. The van der Waals surface area contributed by atoms with Crippen LogP contribution in [0.3, 0.4) is 0 Å². The molecule has 0 atom stereocenters. The topological polar surface area (TPSA) is 28.2 Å². The van der Waals surface area contributed by atoms with Crippen LogP contribution in [0.2, 0.25) is 0 Å². The molecule has 0 aromatic carbocycles. The van der Waals surface area contributed by atoms with Gasteiger partial charge in [-0.05, 0) is 37.9 Å². The van der Waals surface area contributed by atoms with Crippen LogP contribution in [0.4, 0.5) is 5.69 Å². The molecule has 0 aliphatic carbocycles. The van der Waals surface area contributed by atoms with E-state index >= 15 is 0 Å². The maximum Gasteiger partial charge on any atom is 0.0562 e. The minimum Gasteiger partial charge on any atom is -0.372 e. The van der Waals surface area contributed by atoms with Crippen molar-refractivity contribution in [3.05, 3.63) is 24.0 Å². The maximum atomic E-state index is 4.42. The van der Waals surface area contributed by atoms with Crippen molar-refractivity contribution >= 4 is 5.69 Å². The van der Waals surface area contributed by atoms with Crippen molar-refractivity contribution in [2.75, 3.05) is 24.5 Å². The molecule has 1 aromatic rings. The van der Waals surface area contributed by atoms with Crippen LogP contribution in [0.25, 0.3) is 0 Å². The third kappa shape index (κ3) is 5.05. The molecule has 0 unspecified atom stereocenters. The summed E-state index contributed by atoms with van der Waals surface area (Å²) in [6.45, 7) is 12.9. The van der Waals surface area contributed by atoms with Crippen molar-refractivity contribution < 1.29 is 0 Å². The van der Waals surface area contributed by atoms with E-state index in [1.807, 2.05) is 6.20 Å². The van der Waals surface area contributed by atoms with E-state index < -0.39 is 0 Å². The van der Waals surface area contributed by atoms with Crippen molar-refractivity contribution in [1.82, 2.24) is 10.3 Å². The number of anilines is 1. The molecule has 3 nitrogen and oxygen atoms in total. The molecule has 1 N–H and O–H groups in total. The van der Waals surface area contributed by atoms with E-state index in [0.29, 0.717) is 5.92 Å². The zero-order valence-electron chi connectivity index (χ0n) is 12.2. The van der Waals surface area contributed by atoms with Gasteiger partial charge in [0.05, 0.1) is 5.69 Å². The predicted molar refractivity (Wildman–Crippen MR) is 79.0 cm³/mol. The normalized spacial score (nSPS) is 10.9. The van der Waals surface area contributed by atoms with Gasteiger partial charge in [-0.15, -0.1) is 0 Å². The number of hydrogen-bond donors (Lipinski definition) is 1. The van der Waals surface area contributed by atoms with Gasteiger partial charge in [0, 0.05) is 31.5 Å². The van der Waals surface area contributed by atoms with E-state index in [1.165, 1.54) is 12.1 Å². The summed E-state index contributed by atoms with van der Waals surface area (Å²) in [5.74, 6) is 0.681. The van der Waals surface area contributed by atoms with E-state index in [-0.39, 0.29) is 0 Å². The van der Waals surface area contributed by atoms with Gasteiger partial charge in [0.15, 0.2) is 0 Å². The van der Waals surface area contributed by atoms with Gasteiger partial charge in [0.25, 0.3) is 0 Å². The van der Waals surface area contributed by atoms with Crippen LogP contribution < -0.4 is 10.2 Å². The fraction of sp³-hybridized carbons (Fsp3) is 0.667. The number of pyridine rings is 1. The second-order valence-electron chi connectivity index (χ2n) is 5.11. The van der Waals surface area contributed by atoms with E-state index in [0.717, 1.165) is 31.9 Å². The summed E-state index contributed by atoms with van der Waals surface area (Å²) in [5.41, 5.74) is 2.42.